The van der Waals surface area contributed by atoms with Gasteiger partial charge in [-0.15, -0.1) is 11.8 Å². The molecule has 4 atom stereocenters. The van der Waals surface area contributed by atoms with Crippen molar-refractivity contribution in [3.05, 3.63) is 48.8 Å². The van der Waals surface area contributed by atoms with Crippen LogP contribution in [-0.2, 0) is 33.8 Å². The summed E-state index contributed by atoms with van der Waals surface area (Å²) in [5, 5.41) is 2.36. The number of esters is 1. The Morgan fingerprint density at radius 3 is 2.78 bits per heavy atom. The molecule has 1 amide bonds. The molecule has 1 saturated heterocycles. The average Bonchev–Trinajstić information content (AvgIpc) is 3.49. The van der Waals surface area contributed by atoms with Gasteiger partial charge in [-0.05, 0) is 38.1 Å². The average molecular weight is 607 g/mol. The number of aromatic nitrogens is 2. The summed E-state index contributed by atoms with van der Waals surface area (Å²) in [5.41, 5.74) is 2.07. The monoisotopic (exact) mass is 606 g/mol. The van der Waals surface area contributed by atoms with Crippen molar-refractivity contribution < 1.29 is 37.0 Å². The molecule has 1 aliphatic rings. The summed E-state index contributed by atoms with van der Waals surface area (Å²) < 4.78 is 53.9. The molecule has 41 heavy (non-hydrogen) atoms. The summed E-state index contributed by atoms with van der Waals surface area (Å²) >= 11 is 1.57. The van der Waals surface area contributed by atoms with Gasteiger partial charge in [-0.3, -0.25) is 9.59 Å². The maximum absolute atomic E-state index is 13.6. The number of benzene rings is 2. The number of nitrogens with one attached hydrogen (secondary N) is 2. The van der Waals surface area contributed by atoms with Gasteiger partial charge in [0.1, 0.15) is 22.1 Å². The van der Waals surface area contributed by atoms with E-state index in [1.54, 1.807) is 32.1 Å². The summed E-state index contributed by atoms with van der Waals surface area (Å²) in [6.07, 6.45) is -0.0527. The maximum atomic E-state index is 13.6. The molecule has 4 rings (SSSR count). The Balaban J connectivity index is 1.68. The Bertz CT molecular complexity index is 1480. The quantitative estimate of drug-likeness (QED) is 0.207. The van der Waals surface area contributed by atoms with Gasteiger partial charge < -0.3 is 28.8 Å². The third kappa shape index (κ3) is 7.57. The van der Waals surface area contributed by atoms with E-state index in [0.29, 0.717) is 18.0 Å². The minimum Gasteiger partial charge on any atom is -0.486 e. The summed E-state index contributed by atoms with van der Waals surface area (Å²) in [7, 11) is -2.60. The molecule has 1 aliphatic heterocycles. The number of carbonyl (C=O) groups excluding carboxylic acids is 2. The van der Waals surface area contributed by atoms with E-state index in [1.807, 2.05) is 35.8 Å². The van der Waals surface area contributed by atoms with Crippen LogP contribution in [0.25, 0.3) is 11.0 Å². The van der Waals surface area contributed by atoms with Crippen LogP contribution >= 0.6 is 11.8 Å². The van der Waals surface area contributed by atoms with E-state index in [2.05, 4.69) is 15.0 Å². The third-order valence-electron chi connectivity index (χ3n) is 6.20. The Morgan fingerprint density at radius 2 is 2.05 bits per heavy atom. The number of para-hydroxylation sites is 2. The van der Waals surface area contributed by atoms with Crippen molar-refractivity contribution in [2.75, 3.05) is 31.4 Å². The van der Waals surface area contributed by atoms with E-state index < -0.39 is 34.4 Å². The van der Waals surface area contributed by atoms with Crippen LogP contribution in [0.4, 0.5) is 5.69 Å². The molecule has 222 valence electrons. The van der Waals surface area contributed by atoms with E-state index in [1.165, 1.54) is 25.1 Å². The topological polar surface area (TPSA) is 147 Å². The Hall–Kier alpha value is -3.17. The molecule has 0 bridgehead atoms. The lowest BCUT2D eigenvalue weighted by Gasteiger charge is -2.27. The summed E-state index contributed by atoms with van der Waals surface area (Å²) in [6, 6.07) is 11.1. The highest BCUT2D eigenvalue weighted by Gasteiger charge is 2.39. The first-order valence-corrected chi connectivity index (χ1v) is 15.6. The van der Waals surface area contributed by atoms with Crippen LogP contribution in [0.5, 0.6) is 5.75 Å². The number of imidazole rings is 1. The first-order valence-electron chi connectivity index (χ1n) is 13.1. The van der Waals surface area contributed by atoms with Crippen molar-refractivity contribution in [3.8, 4) is 5.75 Å². The van der Waals surface area contributed by atoms with Crippen LogP contribution < -0.4 is 14.8 Å². The van der Waals surface area contributed by atoms with Gasteiger partial charge in [-0.25, -0.2) is 18.1 Å². The molecular weight excluding hydrogens is 572 g/mol. The zero-order chi connectivity index (χ0) is 29.6. The van der Waals surface area contributed by atoms with Crippen molar-refractivity contribution in [1.82, 2.24) is 14.3 Å². The van der Waals surface area contributed by atoms with Crippen LogP contribution in [0.15, 0.2) is 53.7 Å². The Labute approximate surface area is 243 Å². The van der Waals surface area contributed by atoms with Crippen LogP contribution in [0.3, 0.4) is 0 Å². The molecule has 0 saturated carbocycles. The predicted octanol–water partition coefficient (Wildman–Crippen LogP) is 3.30. The molecule has 14 heteroatoms. The van der Waals surface area contributed by atoms with Gasteiger partial charge in [0.15, 0.2) is 0 Å². The fourth-order valence-electron chi connectivity index (χ4n) is 4.45. The highest BCUT2D eigenvalue weighted by molar-refractivity contribution is 7.99. The first kappa shape index (κ1) is 30.8. The number of anilines is 1. The number of nitrogens with zero attached hydrogens (tertiary/aromatic N) is 2. The first-order chi connectivity index (χ1) is 19.6. The normalized spacial score (nSPS) is 18.7. The number of hydrogen-bond acceptors (Lipinski definition) is 10. The molecule has 3 aromatic rings. The second kappa shape index (κ2) is 13.7. The number of fused-ring (bicyclic) bond motifs is 1. The second-order valence-electron chi connectivity index (χ2n) is 9.31. The number of rotatable bonds is 14. The number of hydrogen-bond donors (Lipinski definition) is 2. The van der Waals surface area contributed by atoms with Gasteiger partial charge in [-0.1, -0.05) is 12.1 Å². The van der Waals surface area contributed by atoms with E-state index in [9.17, 15) is 18.0 Å². The lowest BCUT2D eigenvalue weighted by atomic mass is 10.2. The zero-order valence-corrected chi connectivity index (χ0v) is 24.9. The van der Waals surface area contributed by atoms with Crippen molar-refractivity contribution in [2.45, 2.75) is 55.9 Å². The standard InChI is InChI=1S/C27H34N4O8S2/c1-5-37-27-21(15-25(33)39-27)30-41(34,35)24-11-10-19(29-18(3)32)14-23(24)38-17(2)26(40-13-12-36-4)31-16-28-20-8-6-7-9-22(20)31/h6-11,14,16-17,21,26-27,30H,5,12-13,15H2,1-4H3,(H,29,32)/t17-,21?,26?,27?/m1/s1. The van der Waals surface area contributed by atoms with Crippen molar-refractivity contribution >= 4 is 50.4 Å². The lowest BCUT2D eigenvalue weighted by Crippen LogP contribution is -2.41. The largest absolute Gasteiger partial charge is 0.486 e. The SMILES string of the molecule is CCOC1OC(=O)CC1NS(=O)(=O)c1ccc(NC(C)=O)cc1O[C@H](C)C(SCCOC)n1cnc2ccccc21. The van der Waals surface area contributed by atoms with Gasteiger partial charge in [0.2, 0.25) is 22.2 Å². The van der Waals surface area contributed by atoms with E-state index in [0.717, 1.165) is 11.0 Å². The van der Waals surface area contributed by atoms with Gasteiger partial charge in [0.25, 0.3) is 0 Å². The number of carbonyl (C=O) groups is 2. The van der Waals surface area contributed by atoms with E-state index in [4.69, 9.17) is 18.9 Å². The number of cyclic esters (lactones) is 1. The van der Waals surface area contributed by atoms with Gasteiger partial charge in [-0.2, -0.15) is 0 Å². The van der Waals surface area contributed by atoms with Gasteiger partial charge in [0, 0.05) is 38.1 Å². The van der Waals surface area contributed by atoms with Gasteiger partial charge >= 0.3 is 5.97 Å². The molecule has 12 nitrogen and oxygen atoms in total. The molecule has 2 N–H and O–H groups in total. The molecular formula is C27H34N4O8S2. The van der Waals surface area contributed by atoms with Crippen molar-refractivity contribution in [1.29, 1.82) is 0 Å². The third-order valence-corrected chi connectivity index (χ3v) is 9.08. The van der Waals surface area contributed by atoms with Crippen molar-refractivity contribution in [3.63, 3.8) is 0 Å². The molecule has 1 aromatic heterocycles. The summed E-state index contributed by atoms with van der Waals surface area (Å²) in [6.45, 7) is 5.65. The van der Waals surface area contributed by atoms with Crippen molar-refractivity contribution in [2.24, 2.45) is 0 Å². The zero-order valence-electron chi connectivity index (χ0n) is 23.2. The molecule has 2 aromatic carbocycles. The van der Waals surface area contributed by atoms with E-state index >= 15 is 0 Å². The van der Waals surface area contributed by atoms with Gasteiger partial charge in [0.05, 0.1) is 36.4 Å². The number of sulfonamides is 1. The highest BCUT2D eigenvalue weighted by Crippen LogP contribution is 2.36. The smallest absolute Gasteiger partial charge is 0.310 e. The number of amides is 1. The second-order valence-corrected chi connectivity index (χ2v) is 12.2. The molecule has 0 spiro atoms. The summed E-state index contributed by atoms with van der Waals surface area (Å²) in [5.74, 6) is -0.215. The minimum absolute atomic E-state index is 0.0243. The van der Waals surface area contributed by atoms with Crippen LogP contribution in [-0.4, -0.2) is 74.4 Å². The van der Waals surface area contributed by atoms with Crippen LogP contribution in [0.2, 0.25) is 0 Å². The number of thioether (sulfide) groups is 1. The molecule has 2 heterocycles. The number of ether oxygens (including phenoxy) is 4. The van der Waals surface area contributed by atoms with Crippen LogP contribution in [0, 0.1) is 0 Å². The van der Waals surface area contributed by atoms with E-state index in [-0.39, 0.29) is 35.0 Å². The minimum atomic E-state index is -4.22. The molecule has 0 aliphatic carbocycles. The molecule has 1 fully saturated rings. The fraction of sp³-hybridized carbons (Fsp3) is 0.444. The van der Waals surface area contributed by atoms with Crippen LogP contribution in [0.1, 0.15) is 32.6 Å². The number of methoxy groups -OCH3 is 1. The Morgan fingerprint density at radius 1 is 1.27 bits per heavy atom. The Kier molecular flexibility index (Phi) is 10.3. The fourth-order valence-corrected chi connectivity index (χ4v) is 6.95. The predicted molar refractivity (Wildman–Crippen MR) is 154 cm³/mol. The maximum Gasteiger partial charge on any atom is 0.310 e. The molecule has 0 radical (unpaired) electrons. The molecule has 3 unspecified atom stereocenters. The lowest BCUT2D eigenvalue weighted by molar-refractivity contribution is -0.163. The highest BCUT2D eigenvalue weighted by atomic mass is 32.2. The summed E-state index contributed by atoms with van der Waals surface area (Å²) in [4.78, 5) is 28.0.